The number of nitrogens with one attached hydrogen (secondary N) is 1. The maximum Gasteiger partial charge on any atom is 0.329 e. The minimum Gasteiger partial charge on any atom is -0.493 e. The van der Waals surface area contributed by atoms with Crippen molar-refractivity contribution in [2.24, 2.45) is 0 Å². The molecule has 1 heterocycles. The Hall–Kier alpha value is -4.39. The number of esters is 1. The first kappa shape index (κ1) is 32.1. The number of carboxylic acids is 1. The van der Waals surface area contributed by atoms with Crippen LogP contribution >= 0.6 is 0 Å². The highest BCUT2D eigenvalue weighted by molar-refractivity contribution is 5.89. The minimum atomic E-state index is -1.08. The van der Waals surface area contributed by atoms with Crippen molar-refractivity contribution in [3.8, 4) is 11.5 Å². The molecule has 228 valence electrons. The van der Waals surface area contributed by atoms with Crippen LogP contribution in [0.5, 0.6) is 11.5 Å². The van der Waals surface area contributed by atoms with E-state index < -0.39 is 41.1 Å². The van der Waals surface area contributed by atoms with Gasteiger partial charge in [0.05, 0.1) is 33.5 Å². The molecule has 3 rings (SSSR count). The molecule has 3 atom stereocenters. The Kier molecular flexibility index (Phi) is 11.9. The molecular formula is C29H37N3O10. The van der Waals surface area contributed by atoms with E-state index in [0.29, 0.717) is 30.8 Å². The topological polar surface area (TPSA) is 167 Å². The molecule has 13 nitrogen and oxygen atoms in total. The average molecular weight is 588 g/mol. The summed E-state index contributed by atoms with van der Waals surface area (Å²) in [7, 11) is 3.00. The molecule has 1 aliphatic rings. The van der Waals surface area contributed by atoms with E-state index in [1.807, 2.05) is 30.3 Å². The van der Waals surface area contributed by atoms with Crippen LogP contribution in [0.3, 0.4) is 0 Å². The second-order valence-corrected chi connectivity index (χ2v) is 9.90. The van der Waals surface area contributed by atoms with Crippen LogP contribution in [0.1, 0.15) is 42.9 Å². The van der Waals surface area contributed by atoms with Gasteiger partial charge in [-0.25, -0.2) is 4.79 Å². The number of benzene rings is 2. The van der Waals surface area contributed by atoms with E-state index in [4.69, 9.17) is 14.2 Å². The molecule has 0 saturated heterocycles. The number of fused-ring (bicyclic) bond motifs is 1. The van der Waals surface area contributed by atoms with Gasteiger partial charge in [0.1, 0.15) is 12.1 Å². The number of aryl methyl sites for hydroxylation is 1. The number of carbonyl (C=O) groups excluding carboxylic acids is 2. The molecule has 0 saturated carbocycles. The maximum atomic E-state index is 13.7. The Balaban J connectivity index is 1.75. The molecule has 0 aliphatic carbocycles. The number of carbonyl (C=O) groups is 3. The van der Waals surface area contributed by atoms with Crippen LogP contribution in [0, 0.1) is 10.1 Å². The lowest BCUT2D eigenvalue weighted by Crippen LogP contribution is -2.56. The van der Waals surface area contributed by atoms with Gasteiger partial charge in [0.15, 0.2) is 11.5 Å². The van der Waals surface area contributed by atoms with Crippen LogP contribution in [0.25, 0.3) is 0 Å². The van der Waals surface area contributed by atoms with Gasteiger partial charge < -0.3 is 29.1 Å². The van der Waals surface area contributed by atoms with E-state index in [-0.39, 0.29) is 32.6 Å². The SMILES string of the molecule is COc1cc2c(cc1OC)CN(C(=O)C(C)NC(CCc1ccccc1)C(=O)O)C(C(=O)OCCCCO[N+](=O)[O-])C2. The zero-order valence-electron chi connectivity index (χ0n) is 23.9. The van der Waals surface area contributed by atoms with Gasteiger partial charge in [-0.3, -0.25) is 14.9 Å². The molecule has 2 aromatic carbocycles. The molecule has 1 amide bonds. The third kappa shape index (κ3) is 8.80. The monoisotopic (exact) mass is 587 g/mol. The molecule has 0 spiro atoms. The number of aliphatic carboxylic acids is 1. The summed E-state index contributed by atoms with van der Waals surface area (Å²) < 4.78 is 16.3. The van der Waals surface area contributed by atoms with Crippen LogP contribution in [0.4, 0.5) is 0 Å². The van der Waals surface area contributed by atoms with Crippen molar-refractivity contribution in [3.63, 3.8) is 0 Å². The molecule has 0 radical (unpaired) electrons. The highest BCUT2D eigenvalue weighted by Gasteiger charge is 2.38. The fourth-order valence-corrected chi connectivity index (χ4v) is 4.82. The lowest BCUT2D eigenvalue weighted by molar-refractivity contribution is -0.757. The van der Waals surface area contributed by atoms with E-state index in [1.54, 1.807) is 19.1 Å². The van der Waals surface area contributed by atoms with E-state index in [9.17, 15) is 29.6 Å². The van der Waals surface area contributed by atoms with Gasteiger partial charge in [0.25, 0.3) is 5.09 Å². The molecular weight excluding hydrogens is 550 g/mol. The molecule has 2 N–H and O–H groups in total. The summed E-state index contributed by atoms with van der Waals surface area (Å²) in [5.41, 5.74) is 2.52. The summed E-state index contributed by atoms with van der Waals surface area (Å²) in [5, 5.41) is 22.2. The van der Waals surface area contributed by atoms with E-state index >= 15 is 0 Å². The van der Waals surface area contributed by atoms with Crippen molar-refractivity contribution in [2.75, 3.05) is 27.4 Å². The molecule has 0 fully saturated rings. The highest BCUT2D eigenvalue weighted by Crippen LogP contribution is 2.35. The zero-order valence-corrected chi connectivity index (χ0v) is 23.9. The largest absolute Gasteiger partial charge is 0.493 e. The van der Waals surface area contributed by atoms with E-state index in [1.165, 1.54) is 19.1 Å². The Morgan fingerprint density at radius 2 is 1.71 bits per heavy atom. The Bertz CT molecular complexity index is 1240. The minimum absolute atomic E-state index is 0.00833. The quantitative estimate of drug-likeness (QED) is 0.128. The standard InChI is InChI=1S/C29H37N3O10/c1-19(30-23(28(34)35)12-11-20-9-5-4-6-10-20)27(33)31-18-22-17-26(40-3)25(39-2)16-21(22)15-24(31)29(36)41-13-7-8-14-42-32(37)38/h4-6,9-10,16-17,19,23-24,30H,7-8,11-15,18H2,1-3H3,(H,34,35). The molecule has 0 aromatic heterocycles. The van der Waals surface area contributed by atoms with Gasteiger partial charge in [-0.05, 0) is 61.4 Å². The first-order valence-electron chi connectivity index (χ1n) is 13.7. The van der Waals surface area contributed by atoms with Crippen LogP contribution in [0.2, 0.25) is 0 Å². The number of nitrogens with zero attached hydrogens (tertiary/aromatic N) is 2. The van der Waals surface area contributed by atoms with Gasteiger partial charge >= 0.3 is 11.9 Å². The maximum absolute atomic E-state index is 13.7. The second-order valence-electron chi connectivity index (χ2n) is 9.90. The first-order chi connectivity index (χ1) is 20.1. The van der Waals surface area contributed by atoms with Crippen LogP contribution in [-0.4, -0.2) is 78.5 Å². The Morgan fingerprint density at radius 3 is 2.33 bits per heavy atom. The number of carboxylic acid groups (broad SMARTS) is 1. The number of methoxy groups -OCH3 is 2. The zero-order chi connectivity index (χ0) is 30.6. The molecule has 42 heavy (non-hydrogen) atoms. The third-order valence-electron chi connectivity index (χ3n) is 7.06. The summed E-state index contributed by atoms with van der Waals surface area (Å²) in [5.74, 6) is -1.22. The van der Waals surface area contributed by atoms with Crippen molar-refractivity contribution in [1.29, 1.82) is 0 Å². The smallest absolute Gasteiger partial charge is 0.329 e. The van der Waals surface area contributed by atoms with Crippen molar-refractivity contribution in [1.82, 2.24) is 10.2 Å². The lowest BCUT2D eigenvalue weighted by Gasteiger charge is -2.37. The summed E-state index contributed by atoms with van der Waals surface area (Å²) in [4.78, 5) is 54.9. The summed E-state index contributed by atoms with van der Waals surface area (Å²) in [6.45, 7) is 1.51. The predicted octanol–water partition coefficient (Wildman–Crippen LogP) is 2.55. The van der Waals surface area contributed by atoms with Gasteiger partial charge in [-0.1, -0.05) is 30.3 Å². The molecule has 1 aliphatic heterocycles. The normalized spacial score (nSPS) is 15.6. The van der Waals surface area contributed by atoms with Gasteiger partial charge in [0.2, 0.25) is 5.91 Å². The molecule has 3 unspecified atom stereocenters. The van der Waals surface area contributed by atoms with Gasteiger partial charge in [0, 0.05) is 13.0 Å². The number of hydrogen-bond acceptors (Lipinski definition) is 10. The summed E-state index contributed by atoms with van der Waals surface area (Å²) in [6, 6.07) is 10.1. The Labute approximate surface area is 243 Å². The number of ether oxygens (including phenoxy) is 3. The number of rotatable bonds is 16. The fourth-order valence-electron chi connectivity index (χ4n) is 4.82. The fraction of sp³-hybridized carbons (Fsp3) is 0.483. The summed E-state index contributed by atoms with van der Waals surface area (Å²) >= 11 is 0. The summed E-state index contributed by atoms with van der Waals surface area (Å²) in [6.07, 6.45) is 1.56. The first-order valence-corrected chi connectivity index (χ1v) is 13.7. The average Bonchev–Trinajstić information content (AvgIpc) is 2.99. The van der Waals surface area contributed by atoms with Crippen molar-refractivity contribution < 1.29 is 43.6 Å². The van der Waals surface area contributed by atoms with Crippen molar-refractivity contribution in [2.45, 2.75) is 63.7 Å². The van der Waals surface area contributed by atoms with Crippen LogP contribution in [0.15, 0.2) is 42.5 Å². The predicted molar refractivity (Wildman–Crippen MR) is 150 cm³/mol. The van der Waals surface area contributed by atoms with Crippen LogP contribution < -0.4 is 14.8 Å². The number of hydrogen-bond donors (Lipinski definition) is 2. The van der Waals surface area contributed by atoms with E-state index in [2.05, 4.69) is 10.2 Å². The molecule has 0 bridgehead atoms. The highest BCUT2D eigenvalue weighted by atomic mass is 16.9. The van der Waals surface area contributed by atoms with Crippen molar-refractivity contribution >= 4 is 17.8 Å². The van der Waals surface area contributed by atoms with Crippen molar-refractivity contribution in [3.05, 3.63) is 69.3 Å². The number of amides is 1. The Morgan fingerprint density at radius 1 is 1.07 bits per heavy atom. The van der Waals surface area contributed by atoms with Gasteiger partial charge in [-0.2, -0.15) is 0 Å². The van der Waals surface area contributed by atoms with Crippen LogP contribution in [-0.2, 0) is 43.3 Å². The number of unbranched alkanes of at least 4 members (excludes halogenated alkanes) is 1. The second kappa shape index (κ2) is 15.6. The van der Waals surface area contributed by atoms with Gasteiger partial charge in [-0.15, -0.1) is 10.1 Å². The molecule has 2 aromatic rings. The third-order valence-corrected chi connectivity index (χ3v) is 7.06. The van der Waals surface area contributed by atoms with E-state index in [0.717, 1.165) is 16.7 Å². The molecule has 13 heteroatoms. The lowest BCUT2D eigenvalue weighted by atomic mass is 9.92.